The molecule has 1 N–H and O–H groups in total. The quantitative estimate of drug-likeness (QED) is 0.711. The molecule has 0 unspecified atom stereocenters. The summed E-state index contributed by atoms with van der Waals surface area (Å²) >= 11 is 6.13. The summed E-state index contributed by atoms with van der Waals surface area (Å²) in [5.74, 6) is 0.625. The molecule has 2 amide bonds. The highest BCUT2D eigenvalue weighted by molar-refractivity contribution is 6.31. The number of piperidine rings is 1. The fraction of sp³-hybridized carbons (Fsp3) is 0.435. The van der Waals surface area contributed by atoms with Crippen LogP contribution in [0.4, 0.5) is 0 Å². The number of aryl methyl sites for hydroxylation is 1. The van der Waals surface area contributed by atoms with Gasteiger partial charge >= 0.3 is 0 Å². The lowest BCUT2D eigenvalue weighted by Crippen LogP contribution is -2.40. The third-order valence-electron chi connectivity index (χ3n) is 5.46. The minimum Gasteiger partial charge on any atom is -0.352 e. The van der Waals surface area contributed by atoms with Crippen molar-refractivity contribution >= 4 is 23.4 Å². The van der Waals surface area contributed by atoms with Gasteiger partial charge in [0.25, 0.3) is 0 Å². The highest BCUT2D eigenvalue weighted by atomic mass is 35.5. The molecule has 2 aromatic rings. The molecule has 3 rings (SSSR count). The van der Waals surface area contributed by atoms with Gasteiger partial charge in [0, 0.05) is 49.9 Å². The molecule has 1 aromatic heterocycles. The van der Waals surface area contributed by atoms with Crippen molar-refractivity contribution in [1.82, 2.24) is 15.2 Å². The van der Waals surface area contributed by atoms with Crippen molar-refractivity contribution in [3.63, 3.8) is 0 Å². The Morgan fingerprint density at radius 3 is 2.72 bits per heavy atom. The number of benzene rings is 1. The number of nitrogens with zero attached hydrogens (tertiary/aromatic N) is 2. The summed E-state index contributed by atoms with van der Waals surface area (Å²) in [6, 6.07) is 11.4. The number of rotatable bonds is 8. The summed E-state index contributed by atoms with van der Waals surface area (Å²) in [6.45, 7) is 2.03. The van der Waals surface area contributed by atoms with Gasteiger partial charge in [-0.25, -0.2) is 0 Å². The molecule has 1 aliphatic rings. The maximum absolute atomic E-state index is 12.6. The zero-order valence-electron chi connectivity index (χ0n) is 16.6. The maximum atomic E-state index is 12.6. The average Bonchev–Trinajstić information content (AvgIpc) is 2.76. The normalized spacial score (nSPS) is 16.4. The van der Waals surface area contributed by atoms with Gasteiger partial charge < -0.3 is 10.2 Å². The Kier molecular flexibility index (Phi) is 8.05. The van der Waals surface area contributed by atoms with Crippen LogP contribution in [0.25, 0.3) is 0 Å². The number of pyridine rings is 1. The Labute approximate surface area is 177 Å². The summed E-state index contributed by atoms with van der Waals surface area (Å²) in [4.78, 5) is 30.7. The van der Waals surface area contributed by atoms with Crippen LogP contribution in [0.2, 0.25) is 5.02 Å². The van der Waals surface area contributed by atoms with Gasteiger partial charge in [0.15, 0.2) is 0 Å². The van der Waals surface area contributed by atoms with Crippen LogP contribution >= 0.6 is 11.6 Å². The molecule has 0 spiro atoms. The van der Waals surface area contributed by atoms with Crippen molar-refractivity contribution in [1.29, 1.82) is 0 Å². The van der Waals surface area contributed by atoms with Crippen LogP contribution in [-0.2, 0) is 22.6 Å². The van der Waals surface area contributed by atoms with Crippen molar-refractivity contribution in [2.75, 3.05) is 13.1 Å². The molecule has 1 aromatic carbocycles. The van der Waals surface area contributed by atoms with Crippen molar-refractivity contribution in [2.24, 2.45) is 5.92 Å². The van der Waals surface area contributed by atoms with Gasteiger partial charge in [0.05, 0.1) is 0 Å². The predicted octanol–water partition coefficient (Wildman–Crippen LogP) is 4.00. The Hall–Kier alpha value is -2.40. The second kappa shape index (κ2) is 11.0. The number of hydrogen-bond acceptors (Lipinski definition) is 3. The van der Waals surface area contributed by atoms with Gasteiger partial charge in [-0.3, -0.25) is 14.6 Å². The minimum absolute atomic E-state index is 0.0334. The number of halogens is 1. The molecule has 154 valence electrons. The number of amides is 2. The first-order valence-electron chi connectivity index (χ1n) is 10.3. The molecule has 0 aliphatic carbocycles. The number of carbonyl (C=O) groups excluding carboxylic acids is 2. The summed E-state index contributed by atoms with van der Waals surface area (Å²) in [7, 11) is 0. The smallest absolute Gasteiger partial charge is 0.222 e. The van der Waals surface area contributed by atoms with Gasteiger partial charge in [-0.05, 0) is 60.9 Å². The monoisotopic (exact) mass is 413 g/mol. The topological polar surface area (TPSA) is 62.3 Å². The first-order chi connectivity index (χ1) is 14.1. The second-order valence-corrected chi connectivity index (χ2v) is 8.02. The van der Waals surface area contributed by atoms with E-state index in [2.05, 4.69) is 10.3 Å². The van der Waals surface area contributed by atoms with Crippen LogP contribution in [-0.4, -0.2) is 34.8 Å². The van der Waals surface area contributed by atoms with Crippen LogP contribution in [0.15, 0.2) is 48.8 Å². The van der Waals surface area contributed by atoms with Crippen LogP contribution in [0.1, 0.15) is 43.2 Å². The predicted molar refractivity (Wildman–Crippen MR) is 114 cm³/mol. The standard InChI is InChI=1S/C23H28ClN3O2/c24-21-6-2-1-5-20(21)16-26-22(28)9-7-19-4-3-15-27(17-19)23(29)10-8-18-11-13-25-14-12-18/h1-2,5-6,11-14,19H,3-4,7-10,15-17H2,(H,26,28)/t19-/m1/s1. The molecular formula is C23H28ClN3O2. The van der Waals surface area contributed by atoms with Gasteiger partial charge in [-0.15, -0.1) is 0 Å². The van der Waals surface area contributed by atoms with E-state index in [0.29, 0.717) is 30.3 Å². The number of hydrogen-bond donors (Lipinski definition) is 1. The van der Waals surface area contributed by atoms with Gasteiger partial charge in [0.2, 0.25) is 11.8 Å². The molecule has 0 bridgehead atoms. The molecule has 1 saturated heterocycles. The SMILES string of the molecule is O=C(CC[C@H]1CCCN(C(=O)CCc2ccncc2)C1)NCc1ccccc1Cl. The van der Waals surface area contributed by atoms with Gasteiger partial charge in [0.1, 0.15) is 0 Å². The van der Waals surface area contributed by atoms with Crippen LogP contribution in [0.5, 0.6) is 0 Å². The first-order valence-corrected chi connectivity index (χ1v) is 10.7. The molecule has 5 nitrogen and oxygen atoms in total. The average molecular weight is 414 g/mol. The van der Waals surface area contributed by atoms with E-state index in [-0.39, 0.29) is 11.8 Å². The van der Waals surface area contributed by atoms with Crippen molar-refractivity contribution in [3.05, 3.63) is 64.9 Å². The lowest BCUT2D eigenvalue weighted by atomic mass is 9.93. The molecule has 0 radical (unpaired) electrons. The Morgan fingerprint density at radius 1 is 1.14 bits per heavy atom. The molecular weight excluding hydrogens is 386 g/mol. The Balaban J connectivity index is 1.38. The highest BCUT2D eigenvalue weighted by Crippen LogP contribution is 2.22. The Morgan fingerprint density at radius 2 is 1.93 bits per heavy atom. The fourth-order valence-corrected chi connectivity index (χ4v) is 3.95. The molecule has 0 saturated carbocycles. The van der Waals surface area contributed by atoms with E-state index in [9.17, 15) is 9.59 Å². The van der Waals surface area contributed by atoms with E-state index >= 15 is 0 Å². The van der Waals surface area contributed by atoms with Gasteiger partial charge in [-0.2, -0.15) is 0 Å². The highest BCUT2D eigenvalue weighted by Gasteiger charge is 2.23. The van der Waals surface area contributed by atoms with Crippen LogP contribution in [0.3, 0.4) is 0 Å². The Bertz CT molecular complexity index is 813. The van der Waals surface area contributed by atoms with Crippen molar-refractivity contribution < 1.29 is 9.59 Å². The summed E-state index contributed by atoms with van der Waals surface area (Å²) in [5, 5.41) is 3.61. The molecule has 29 heavy (non-hydrogen) atoms. The first kappa shape index (κ1) is 21.3. The zero-order valence-corrected chi connectivity index (χ0v) is 17.4. The zero-order chi connectivity index (χ0) is 20.5. The minimum atomic E-state index is 0.0334. The van der Waals surface area contributed by atoms with E-state index < -0.39 is 0 Å². The second-order valence-electron chi connectivity index (χ2n) is 7.61. The number of carbonyl (C=O) groups is 2. The number of nitrogens with one attached hydrogen (secondary N) is 1. The summed E-state index contributed by atoms with van der Waals surface area (Å²) in [6.07, 6.45) is 8.15. The van der Waals surface area contributed by atoms with Crippen molar-refractivity contribution in [2.45, 2.75) is 45.1 Å². The lowest BCUT2D eigenvalue weighted by molar-refractivity contribution is -0.133. The van der Waals surface area contributed by atoms with E-state index in [0.717, 1.165) is 49.9 Å². The van der Waals surface area contributed by atoms with Crippen LogP contribution in [0, 0.1) is 5.92 Å². The molecule has 6 heteroatoms. The van der Waals surface area contributed by atoms with E-state index in [1.807, 2.05) is 41.3 Å². The maximum Gasteiger partial charge on any atom is 0.222 e. The molecule has 2 heterocycles. The fourth-order valence-electron chi connectivity index (χ4n) is 3.75. The summed E-state index contributed by atoms with van der Waals surface area (Å²) in [5.41, 5.74) is 2.06. The lowest BCUT2D eigenvalue weighted by Gasteiger charge is -2.33. The van der Waals surface area contributed by atoms with E-state index in [1.54, 1.807) is 12.4 Å². The largest absolute Gasteiger partial charge is 0.352 e. The van der Waals surface area contributed by atoms with Gasteiger partial charge in [-0.1, -0.05) is 29.8 Å². The third kappa shape index (κ3) is 6.86. The third-order valence-corrected chi connectivity index (χ3v) is 5.83. The van der Waals surface area contributed by atoms with Crippen LogP contribution < -0.4 is 5.32 Å². The molecule has 1 atom stereocenters. The number of likely N-dealkylation sites (tertiary alicyclic amines) is 1. The van der Waals surface area contributed by atoms with Crippen molar-refractivity contribution in [3.8, 4) is 0 Å². The van der Waals surface area contributed by atoms with E-state index in [4.69, 9.17) is 11.6 Å². The van der Waals surface area contributed by atoms with E-state index in [1.165, 1.54) is 0 Å². The number of aromatic nitrogens is 1. The summed E-state index contributed by atoms with van der Waals surface area (Å²) < 4.78 is 0. The molecule has 1 fully saturated rings. The molecule has 1 aliphatic heterocycles.